The van der Waals surface area contributed by atoms with E-state index < -0.39 is 47.8 Å². The highest BCUT2D eigenvalue weighted by molar-refractivity contribution is 7.21. The molecule has 0 aliphatic heterocycles. The number of hydrogen-bond donors (Lipinski definition) is 0. The minimum absolute atomic E-state index is 0.384. The Labute approximate surface area is 116 Å². The van der Waals surface area contributed by atoms with Gasteiger partial charge in [0.15, 0.2) is 17.6 Å². The van der Waals surface area contributed by atoms with E-state index in [2.05, 4.69) is 13.2 Å². The molecule has 0 saturated carbocycles. The third-order valence-electron chi connectivity index (χ3n) is 2.43. The molecule has 0 saturated heterocycles. The Morgan fingerprint density at radius 2 is 1.15 bits per heavy atom. The minimum Gasteiger partial charge on any atom is -0.311 e. The van der Waals surface area contributed by atoms with Crippen molar-refractivity contribution in [3.05, 3.63) is 24.6 Å². The van der Waals surface area contributed by atoms with Crippen LogP contribution < -0.4 is 0 Å². The molecular weight excluding hydrogens is 318 g/mol. The summed E-state index contributed by atoms with van der Waals surface area (Å²) < 4.78 is 72.7. The van der Waals surface area contributed by atoms with Gasteiger partial charge in [-0.05, 0) is 12.1 Å². The number of carbonyl (C=O) groups is 1. The standard InChI is InChI=1S/C11H14F6OSi2/c1-3-19(7-5-10(12,13)14)9(18)20(4-2)8-6-11(15,16)17/h3-4H,1-2,5-8H2. The first-order chi connectivity index (χ1) is 9.00. The summed E-state index contributed by atoms with van der Waals surface area (Å²) >= 11 is 0. The molecule has 114 valence electrons. The van der Waals surface area contributed by atoms with Crippen LogP contribution in [0.15, 0.2) is 24.6 Å². The highest BCUT2D eigenvalue weighted by atomic mass is 28.3. The summed E-state index contributed by atoms with van der Waals surface area (Å²) in [6.45, 7) is 6.65. The van der Waals surface area contributed by atoms with Crippen LogP contribution in [0.25, 0.3) is 0 Å². The first-order valence-corrected chi connectivity index (χ1v) is 9.21. The molecule has 0 aromatic heterocycles. The van der Waals surface area contributed by atoms with Crippen LogP contribution >= 0.6 is 0 Å². The summed E-state index contributed by atoms with van der Waals surface area (Å²) in [6.07, 6.45) is -11.0. The molecule has 0 unspecified atom stereocenters. The summed E-state index contributed by atoms with van der Waals surface area (Å²) in [6, 6.07) is -0.769. The molecule has 9 heteroatoms. The zero-order valence-electron chi connectivity index (χ0n) is 10.6. The minimum atomic E-state index is -4.38. The highest BCUT2D eigenvalue weighted by Gasteiger charge is 2.35. The topological polar surface area (TPSA) is 17.1 Å². The van der Waals surface area contributed by atoms with Gasteiger partial charge in [-0.1, -0.05) is 11.4 Å². The van der Waals surface area contributed by atoms with Gasteiger partial charge in [-0.3, -0.25) is 0 Å². The smallest absolute Gasteiger partial charge is 0.311 e. The Balaban J connectivity index is 4.62. The second-order valence-corrected chi connectivity index (χ2v) is 9.34. The Hall–Kier alpha value is -0.836. The Bertz CT molecular complexity index is 318. The summed E-state index contributed by atoms with van der Waals surface area (Å²) in [4.78, 5) is 12.0. The van der Waals surface area contributed by atoms with Gasteiger partial charge in [0, 0.05) is 12.8 Å². The van der Waals surface area contributed by atoms with Gasteiger partial charge in [0.25, 0.3) is 0 Å². The average molecular weight is 332 g/mol. The molecule has 0 heterocycles. The molecule has 2 radical (unpaired) electrons. The maximum absolute atomic E-state index is 12.1. The highest BCUT2D eigenvalue weighted by Crippen LogP contribution is 2.25. The van der Waals surface area contributed by atoms with Crippen LogP contribution in [0.1, 0.15) is 12.8 Å². The average Bonchev–Trinajstić information content (AvgIpc) is 2.27. The van der Waals surface area contributed by atoms with Gasteiger partial charge in [0.2, 0.25) is 0 Å². The molecule has 0 aromatic carbocycles. The lowest BCUT2D eigenvalue weighted by Crippen LogP contribution is -2.37. The molecule has 0 rings (SSSR count). The zero-order chi connectivity index (χ0) is 16.0. The van der Waals surface area contributed by atoms with Gasteiger partial charge in [0.1, 0.15) is 0 Å². The summed E-state index contributed by atoms with van der Waals surface area (Å²) in [5.74, 6) is 0. The van der Waals surface area contributed by atoms with Crippen molar-refractivity contribution in [2.75, 3.05) is 0 Å². The molecule has 0 aliphatic carbocycles. The second kappa shape index (κ2) is 7.82. The van der Waals surface area contributed by atoms with Gasteiger partial charge >= 0.3 is 12.4 Å². The van der Waals surface area contributed by atoms with Gasteiger partial charge < -0.3 is 4.79 Å². The van der Waals surface area contributed by atoms with Crippen LogP contribution in [0.2, 0.25) is 12.1 Å². The fraction of sp³-hybridized carbons (Fsp3) is 0.545. The summed E-state index contributed by atoms with van der Waals surface area (Å²) in [5.41, 5.74) is 2.33. The van der Waals surface area contributed by atoms with E-state index in [1.54, 1.807) is 0 Å². The van der Waals surface area contributed by atoms with Gasteiger partial charge in [0.05, 0.1) is 5.03 Å². The van der Waals surface area contributed by atoms with Gasteiger partial charge in [-0.15, -0.1) is 13.2 Å². The first kappa shape index (κ1) is 19.2. The predicted molar refractivity (Wildman–Crippen MR) is 68.3 cm³/mol. The SMILES string of the molecule is C=C[Si](CCC(F)(F)F)C(=O)[Si](C=C)CCC(F)(F)F. The quantitative estimate of drug-likeness (QED) is 0.468. The lowest BCUT2D eigenvalue weighted by molar-refractivity contribution is -0.131. The van der Waals surface area contributed by atoms with Crippen molar-refractivity contribution in [2.45, 2.75) is 37.3 Å². The van der Waals surface area contributed by atoms with Gasteiger partial charge in [-0.25, -0.2) is 0 Å². The van der Waals surface area contributed by atoms with E-state index >= 15 is 0 Å². The van der Waals surface area contributed by atoms with E-state index in [1.165, 1.54) is 11.4 Å². The van der Waals surface area contributed by atoms with Crippen LogP contribution in [0.3, 0.4) is 0 Å². The van der Waals surface area contributed by atoms with E-state index in [0.29, 0.717) is 0 Å². The van der Waals surface area contributed by atoms with Crippen LogP contribution in [-0.4, -0.2) is 35.0 Å². The molecular formula is C11H14F6OSi2. The fourth-order valence-corrected chi connectivity index (χ4v) is 6.73. The van der Waals surface area contributed by atoms with E-state index in [1.807, 2.05) is 0 Å². The molecule has 0 fully saturated rings. The van der Waals surface area contributed by atoms with Crippen molar-refractivity contribution in [2.24, 2.45) is 0 Å². The van der Waals surface area contributed by atoms with Crippen LogP contribution in [0.5, 0.6) is 0 Å². The molecule has 0 bridgehead atoms. The van der Waals surface area contributed by atoms with E-state index in [9.17, 15) is 31.1 Å². The monoisotopic (exact) mass is 332 g/mol. The zero-order valence-corrected chi connectivity index (χ0v) is 12.6. The van der Waals surface area contributed by atoms with Crippen molar-refractivity contribution in [1.82, 2.24) is 0 Å². The van der Waals surface area contributed by atoms with Crippen LogP contribution in [0, 0.1) is 0 Å². The molecule has 0 N–H and O–H groups in total. The van der Waals surface area contributed by atoms with E-state index in [-0.39, 0.29) is 12.1 Å². The summed E-state index contributed by atoms with van der Waals surface area (Å²) in [7, 11) is -4.32. The maximum Gasteiger partial charge on any atom is 0.388 e. The normalized spacial score (nSPS) is 12.8. The number of carbonyl (C=O) groups excluding carboxylic acids is 1. The second-order valence-electron chi connectivity index (χ2n) is 4.02. The van der Waals surface area contributed by atoms with Crippen LogP contribution in [-0.2, 0) is 0 Å². The van der Waals surface area contributed by atoms with Gasteiger partial charge in [-0.2, -0.15) is 26.3 Å². The van der Waals surface area contributed by atoms with E-state index in [4.69, 9.17) is 0 Å². The number of hydrogen-bond acceptors (Lipinski definition) is 1. The van der Waals surface area contributed by atoms with Crippen molar-refractivity contribution in [3.63, 3.8) is 0 Å². The third kappa shape index (κ3) is 8.36. The fourth-order valence-electron chi connectivity index (χ4n) is 1.38. The van der Waals surface area contributed by atoms with Crippen molar-refractivity contribution >= 4 is 22.6 Å². The predicted octanol–water partition coefficient (Wildman–Crippen LogP) is 4.61. The lowest BCUT2D eigenvalue weighted by atomic mass is 10.5. The summed E-state index contributed by atoms with van der Waals surface area (Å²) in [5, 5.41) is -0.501. The van der Waals surface area contributed by atoms with Crippen molar-refractivity contribution < 1.29 is 31.1 Å². The van der Waals surface area contributed by atoms with Crippen molar-refractivity contribution in [1.29, 1.82) is 0 Å². The Morgan fingerprint density at radius 1 is 0.850 bits per heavy atom. The Kier molecular flexibility index (Phi) is 7.49. The molecule has 0 aliphatic rings. The molecule has 0 spiro atoms. The molecule has 0 aromatic rings. The first-order valence-electron chi connectivity index (χ1n) is 5.65. The van der Waals surface area contributed by atoms with Crippen LogP contribution in [0.4, 0.5) is 31.1 Å². The maximum atomic E-state index is 12.1. The number of halogens is 6. The number of alkyl halides is 6. The molecule has 20 heavy (non-hydrogen) atoms. The third-order valence-corrected chi connectivity index (χ3v) is 8.09. The lowest BCUT2D eigenvalue weighted by Gasteiger charge is -2.16. The molecule has 1 nitrogen and oxygen atoms in total. The van der Waals surface area contributed by atoms with E-state index in [0.717, 1.165) is 0 Å². The van der Waals surface area contributed by atoms with Crippen molar-refractivity contribution in [3.8, 4) is 0 Å². The molecule has 0 amide bonds. The largest absolute Gasteiger partial charge is 0.388 e. The Morgan fingerprint density at radius 3 is 1.35 bits per heavy atom. The molecule has 0 atom stereocenters. The number of rotatable bonds is 8.